The molecule has 0 saturated carbocycles. The lowest BCUT2D eigenvalue weighted by Gasteiger charge is -2.29. The molecule has 0 spiro atoms. The van der Waals surface area contributed by atoms with Crippen LogP contribution < -0.4 is 5.32 Å². The molecule has 3 rings (SSSR count). The fourth-order valence-electron chi connectivity index (χ4n) is 3.10. The van der Waals surface area contributed by atoms with E-state index < -0.39 is 6.09 Å². The number of nitrogens with zero attached hydrogens (tertiary/aromatic N) is 2. The molecule has 1 unspecified atom stereocenters. The van der Waals surface area contributed by atoms with Gasteiger partial charge >= 0.3 is 6.09 Å². The van der Waals surface area contributed by atoms with E-state index in [1.54, 1.807) is 6.20 Å². The van der Waals surface area contributed by atoms with Crippen LogP contribution in [0.15, 0.2) is 36.5 Å². The molecule has 1 amide bonds. The largest absolute Gasteiger partial charge is 0.465 e. The van der Waals surface area contributed by atoms with E-state index in [9.17, 15) is 4.79 Å². The average molecular weight is 338 g/mol. The maximum atomic E-state index is 10.9. The second-order valence-electron chi connectivity index (χ2n) is 6.56. The minimum Gasteiger partial charge on any atom is -0.465 e. The summed E-state index contributed by atoms with van der Waals surface area (Å²) in [6.45, 7) is 6.50. The number of hydrogen-bond acceptors (Lipinski definition) is 3. The van der Waals surface area contributed by atoms with E-state index in [1.807, 2.05) is 19.1 Å². The molecule has 6 nitrogen and oxygen atoms in total. The lowest BCUT2D eigenvalue weighted by atomic mass is 9.79. The van der Waals surface area contributed by atoms with Crippen molar-refractivity contribution in [3.63, 3.8) is 0 Å². The number of rotatable bonds is 5. The Hall–Kier alpha value is -2.89. The third-order valence-electron chi connectivity index (χ3n) is 4.92. The van der Waals surface area contributed by atoms with E-state index in [2.05, 4.69) is 52.5 Å². The Balaban J connectivity index is 2.06. The van der Waals surface area contributed by atoms with E-state index in [1.165, 1.54) is 0 Å². The number of amides is 1. The summed E-state index contributed by atoms with van der Waals surface area (Å²) in [4.78, 5) is 15.2. The smallest absolute Gasteiger partial charge is 0.404 e. The molecule has 0 aliphatic heterocycles. The summed E-state index contributed by atoms with van der Waals surface area (Å²) in [6, 6.07) is 10.3. The standard InChI is InChI=1S/C19H22N4O2/c1-4-19(3,11-21-18(24)25)14-7-5-6-13(10-14)15-8-9-20-17-16(15)12(2)22-23-17/h5-10,21H,4,11H2,1-3H3,(H,24,25)(H,20,22,23). The van der Waals surface area contributed by atoms with Crippen LogP contribution in [0.2, 0.25) is 0 Å². The molecule has 0 bridgehead atoms. The summed E-state index contributed by atoms with van der Waals surface area (Å²) in [7, 11) is 0. The quantitative estimate of drug-likeness (QED) is 0.658. The van der Waals surface area contributed by atoms with Gasteiger partial charge in [-0.3, -0.25) is 5.10 Å². The summed E-state index contributed by atoms with van der Waals surface area (Å²) in [5, 5.41) is 19.7. The lowest BCUT2D eigenvalue weighted by Crippen LogP contribution is -2.37. The van der Waals surface area contributed by atoms with Crippen molar-refractivity contribution >= 4 is 17.1 Å². The van der Waals surface area contributed by atoms with Crippen molar-refractivity contribution in [3.8, 4) is 11.1 Å². The molecule has 0 radical (unpaired) electrons. The van der Waals surface area contributed by atoms with Crippen LogP contribution in [0.1, 0.15) is 31.5 Å². The molecule has 6 heteroatoms. The highest BCUT2D eigenvalue weighted by Crippen LogP contribution is 2.33. The molecule has 1 atom stereocenters. The monoisotopic (exact) mass is 338 g/mol. The molecular weight excluding hydrogens is 316 g/mol. The number of pyridine rings is 1. The molecule has 0 fully saturated rings. The summed E-state index contributed by atoms with van der Waals surface area (Å²) >= 11 is 0. The Labute approximate surface area is 146 Å². The molecular formula is C19H22N4O2. The van der Waals surface area contributed by atoms with Crippen molar-refractivity contribution in [2.45, 2.75) is 32.6 Å². The number of nitrogens with one attached hydrogen (secondary N) is 2. The predicted octanol–water partition coefficient (Wildman–Crippen LogP) is 3.87. The SMILES string of the molecule is CCC(C)(CNC(=O)O)c1cccc(-c2ccnc3n[nH]c(C)c23)c1. The third kappa shape index (κ3) is 3.20. The second kappa shape index (κ2) is 6.55. The van der Waals surface area contributed by atoms with Gasteiger partial charge in [-0.05, 0) is 36.1 Å². The van der Waals surface area contributed by atoms with Gasteiger partial charge in [0, 0.05) is 29.2 Å². The summed E-state index contributed by atoms with van der Waals surface area (Å²) in [6.07, 6.45) is 1.59. The van der Waals surface area contributed by atoms with Crippen molar-refractivity contribution in [2.75, 3.05) is 6.54 Å². The maximum Gasteiger partial charge on any atom is 0.404 e. The van der Waals surface area contributed by atoms with Crippen LogP contribution in [-0.2, 0) is 5.41 Å². The number of fused-ring (bicyclic) bond motifs is 1. The van der Waals surface area contributed by atoms with Crippen LogP contribution in [0.5, 0.6) is 0 Å². The minimum atomic E-state index is -0.999. The van der Waals surface area contributed by atoms with E-state index in [0.717, 1.165) is 34.2 Å². The Morgan fingerprint density at radius 3 is 2.88 bits per heavy atom. The number of carboxylic acid groups (broad SMARTS) is 1. The van der Waals surface area contributed by atoms with E-state index in [0.29, 0.717) is 12.2 Å². The summed E-state index contributed by atoms with van der Waals surface area (Å²) in [5.41, 5.74) is 4.66. The molecule has 2 aromatic heterocycles. The topological polar surface area (TPSA) is 90.9 Å². The fourth-order valence-corrected chi connectivity index (χ4v) is 3.10. The van der Waals surface area contributed by atoms with Gasteiger partial charge < -0.3 is 10.4 Å². The zero-order chi connectivity index (χ0) is 18.0. The third-order valence-corrected chi connectivity index (χ3v) is 4.92. The van der Waals surface area contributed by atoms with Crippen LogP contribution in [0.4, 0.5) is 4.79 Å². The highest BCUT2D eigenvalue weighted by Gasteiger charge is 2.26. The maximum absolute atomic E-state index is 10.9. The number of aromatic nitrogens is 3. The van der Waals surface area contributed by atoms with Gasteiger partial charge in [-0.2, -0.15) is 5.10 Å². The number of aryl methyl sites for hydroxylation is 1. The summed E-state index contributed by atoms with van der Waals surface area (Å²) < 4.78 is 0. The number of benzene rings is 1. The number of aromatic amines is 1. The number of hydrogen-bond donors (Lipinski definition) is 3. The Bertz CT molecular complexity index is 919. The lowest BCUT2D eigenvalue weighted by molar-refractivity contribution is 0.191. The Kier molecular flexibility index (Phi) is 4.44. The molecule has 130 valence electrons. The van der Waals surface area contributed by atoms with Crippen molar-refractivity contribution in [1.29, 1.82) is 0 Å². The first-order valence-electron chi connectivity index (χ1n) is 8.32. The number of H-pyrrole nitrogens is 1. The van der Waals surface area contributed by atoms with Crippen molar-refractivity contribution in [2.24, 2.45) is 0 Å². The van der Waals surface area contributed by atoms with Gasteiger partial charge in [0.05, 0.1) is 0 Å². The normalized spacial score (nSPS) is 13.6. The van der Waals surface area contributed by atoms with Gasteiger partial charge in [-0.25, -0.2) is 9.78 Å². The molecule has 25 heavy (non-hydrogen) atoms. The first-order chi connectivity index (χ1) is 11.9. The van der Waals surface area contributed by atoms with Crippen LogP contribution >= 0.6 is 0 Å². The molecule has 2 heterocycles. The van der Waals surface area contributed by atoms with Crippen molar-refractivity contribution < 1.29 is 9.90 Å². The highest BCUT2D eigenvalue weighted by molar-refractivity contribution is 5.94. The van der Waals surface area contributed by atoms with Gasteiger partial charge in [0.15, 0.2) is 5.65 Å². The van der Waals surface area contributed by atoms with Crippen LogP contribution in [0.25, 0.3) is 22.2 Å². The molecule has 3 N–H and O–H groups in total. The van der Waals surface area contributed by atoms with Crippen LogP contribution in [-0.4, -0.2) is 32.9 Å². The zero-order valence-corrected chi connectivity index (χ0v) is 14.6. The van der Waals surface area contributed by atoms with Gasteiger partial charge in [0.1, 0.15) is 0 Å². The highest BCUT2D eigenvalue weighted by atomic mass is 16.4. The first-order valence-corrected chi connectivity index (χ1v) is 8.32. The molecule has 0 aliphatic rings. The van der Waals surface area contributed by atoms with Crippen LogP contribution in [0, 0.1) is 6.92 Å². The fraction of sp³-hybridized carbons (Fsp3) is 0.316. The van der Waals surface area contributed by atoms with Crippen molar-refractivity contribution in [1.82, 2.24) is 20.5 Å². The van der Waals surface area contributed by atoms with Gasteiger partial charge in [0.2, 0.25) is 0 Å². The van der Waals surface area contributed by atoms with E-state index in [-0.39, 0.29) is 5.41 Å². The molecule has 3 aromatic rings. The van der Waals surface area contributed by atoms with Gasteiger partial charge in [-0.15, -0.1) is 0 Å². The van der Waals surface area contributed by atoms with E-state index >= 15 is 0 Å². The predicted molar refractivity (Wildman–Crippen MR) is 97.7 cm³/mol. The van der Waals surface area contributed by atoms with Crippen LogP contribution in [0.3, 0.4) is 0 Å². The number of carbonyl (C=O) groups is 1. The minimum absolute atomic E-state index is 0.272. The average Bonchev–Trinajstić information content (AvgIpc) is 3.01. The summed E-state index contributed by atoms with van der Waals surface area (Å²) in [5.74, 6) is 0. The van der Waals surface area contributed by atoms with Gasteiger partial charge in [0.25, 0.3) is 0 Å². The zero-order valence-electron chi connectivity index (χ0n) is 14.6. The Morgan fingerprint density at radius 1 is 1.36 bits per heavy atom. The first kappa shape index (κ1) is 17.0. The molecule has 0 saturated heterocycles. The second-order valence-corrected chi connectivity index (χ2v) is 6.56. The molecule has 0 aliphatic carbocycles. The molecule has 1 aromatic carbocycles. The van der Waals surface area contributed by atoms with Crippen molar-refractivity contribution in [3.05, 3.63) is 47.8 Å². The van der Waals surface area contributed by atoms with Gasteiger partial charge in [-0.1, -0.05) is 38.1 Å². The van der Waals surface area contributed by atoms with E-state index in [4.69, 9.17) is 5.11 Å². The Morgan fingerprint density at radius 2 is 2.16 bits per heavy atom.